The molecule has 13 heavy (non-hydrogen) atoms. The summed E-state index contributed by atoms with van der Waals surface area (Å²) in [4.78, 5) is 9.91. The molecule has 0 atom stereocenters. The number of carboxylic acid groups (broad SMARTS) is 1. The van der Waals surface area contributed by atoms with E-state index < -0.39 is 21.8 Å². The van der Waals surface area contributed by atoms with E-state index >= 15 is 0 Å². The van der Waals surface area contributed by atoms with Gasteiger partial charge in [0, 0.05) is 5.75 Å². The molecule has 0 radical (unpaired) electrons. The maximum atomic E-state index is 9.95. The molecule has 0 saturated carbocycles. The summed E-state index contributed by atoms with van der Waals surface area (Å²) in [6.45, 7) is 2.99. The van der Waals surface area contributed by atoms with Gasteiger partial charge in [0.1, 0.15) is 0 Å². The number of rotatable bonds is 4. The van der Waals surface area contributed by atoms with Crippen LogP contribution in [0.5, 0.6) is 0 Å². The molecule has 0 spiro atoms. The van der Waals surface area contributed by atoms with Gasteiger partial charge in [-0.1, -0.05) is 6.58 Å². The third-order valence-electron chi connectivity index (χ3n) is 0.943. The van der Waals surface area contributed by atoms with E-state index in [0.29, 0.717) is 0 Å². The molecule has 0 fully saturated rings. The molecule has 0 amide bonds. The van der Waals surface area contributed by atoms with Crippen LogP contribution in [0.15, 0.2) is 12.2 Å². The molecule has 0 aromatic carbocycles. The molecule has 0 aromatic rings. The predicted molar refractivity (Wildman–Crippen MR) is 33.3 cm³/mol. The molecule has 0 N–H and O–H groups in total. The summed E-state index contributed by atoms with van der Waals surface area (Å²) in [6.07, 6.45) is -0.381. The second-order valence-electron chi connectivity index (χ2n) is 1.90. The quantitative estimate of drug-likeness (QED) is 0.268. The van der Waals surface area contributed by atoms with Crippen molar-refractivity contribution in [3.63, 3.8) is 0 Å². The fraction of sp³-hybridized carbons (Fsp3) is 0.400. The second-order valence-corrected chi connectivity index (χ2v) is 3.43. The van der Waals surface area contributed by atoms with Gasteiger partial charge in [-0.3, -0.25) is 0 Å². The molecule has 5 nitrogen and oxygen atoms in total. The maximum absolute atomic E-state index is 9.95. The number of hydrogen-bond donors (Lipinski definition) is 0. The normalized spacial score (nSPS) is 9.31. The van der Waals surface area contributed by atoms with E-state index in [4.69, 9.17) is 0 Å². The summed E-state index contributed by atoms with van der Waals surface area (Å²) in [5.74, 6) is -2.28. The Bertz CT molecular complexity index is 271. The molecule has 0 rings (SSSR count). The summed E-state index contributed by atoms with van der Waals surface area (Å²) < 4.78 is 29.8. The van der Waals surface area contributed by atoms with Crippen molar-refractivity contribution >= 4 is 16.1 Å². The fourth-order valence-corrected chi connectivity index (χ4v) is 0.847. The Morgan fingerprint density at radius 2 is 1.69 bits per heavy atom. The Morgan fingerprint density at radius 1 is 1.31 bits per heavy atom. The van der Waals surface area contributed by atoms with Gasteiger partial charge in [0.15, 0.2) is 0 Å². The van der Waals surface area contributed by atoms with Gasteiger partial charge in [0.05, 0.1) is 16.1 Å². The third-order valence-corrected chi connectivity index (χ3v) is 1.65. The zero-order valence-corrected chi connectivity index (χ0v) is 12.4. The monoisotopic (exact) mass is 224 g/mol. The first-order valence-electron chi connectivity index (χ1n) is 2.65. The summed E-state index contributed by atoms with van der Waals surface area (Å²) in [7, 11) is -4.35. The molecule has 0 aromatic heterocycles. The maximum Gasteiger partial charge on any atom is 1.00 e. The van der Waals surface area contributed by atoms with Crippen molar-refractivity contribution in [2.75, 3.05) is 5.75 Å². The van der Waals surface area contributed by atoms with Crippen LogP contribution in [-0.2, 0) is 14.9 Å². The van der Waals surface area contributed by atoms with Crippen LogP contribution in [-0.4, -0.2) is 24.7 Å². The second kappa shape index (κ2) is 8.43. The van der Waals surface area contributed by atoms with E-state index in [9.17, 15) is 22.9 Å². The minimum absolute atomic E-state index is 0. The minimum Gasteiger partial charge on any atom is -0.748 e. The van der Waals surface area contributed by atoms with E-state index in [-0.39, 0.29) is 71.1 Å². The number of hydrogen-bond acceptors (Lipinski definition) is 5. The van der Waals surface area contributed by atoms with Crippen molar-refractivity contribution < 1.29 is 82.0 Å². The van der Waals surface area contributed by atoms with Crippen molar-refractivity contribution in [2.45, 2.75) is 6.42 Å². The van der Waals surface area contributed by atoms with Gasteiger partial charge >= 0.3 is 59.1 Å². The minimum atomic E-state index is -4.35. The summed E-state index contributed by atoms with van der Waals surface area (Å²) in [6, 6.07) is 0. The van der Waals surface area contributed by atoms with E-state index in [0.717, 1.165) is 0 Å². The van der Waals surface area contributed by atoms with Crippen LogP contribution in [0.4, 0.5) is 0 Å². The van der Waals surface area contributed by atoms with E-state index in [1.54, 1.807) is 0 Å². The van der Waals surface area contributed by atoms with Crippen LogP contribution in [0.3, 0.4) is 0 Å². The average Bonchev–Trinajstić information content (AvgIpc) is 1.80. The molecule has 8 heteroatoms. The zero-order chi connectivity index (χ0) is 9.07. The van der Waals surface area contributed by atoms with Crippen molar-refractivity contribution in [1.29, 1.82) is 0 Å². The van der Waals surface area contributed by atoms with E-state index in [1.807, 2.05) is 0 Å². The van der Waals surface area contributed by atoms with Crippen molar-refractivity contribution in [1.82, 2.24) is 0 Å². The Hall–Kier alpha value is 1.12. The van der Waals surface area contributed by atoms with E-state index in [2.05, 4.69) is 6.58 Å². The summed E-state index contributed by atoms with van der Waals surface area (Å²) in [5.41, 5.74) is -0.385. The SMILES string of the molecule is C=C(CCS(=O)(=O)[O-])C(=O)[O-].[Na+].[Na+]. The fourth-order valence-electron chi connectivity index (χ4n) is 0.350. The molecule has 0 heterocycles. The Labute approximate surface area is 121 Å². The first kappa shape index (κ1) is 19.7. The molecule has 0 aliphatic rings. The number of carbonyl (C=O) groups excluding carboxylic acids is 1. The Balaban J connectivity index is -0.000000500. The van der Waals surface area contributed by atoms with Crippen LogP contribution in [0.25, 0.3) is 0 Å². The van der Waals surface area contributed by atoms with Crippen molar-refractivity contribution in [3.8, 4) is 0 Å². The van der Waals surface area contributed by atoms with E-state index in [1.165, 1.54) is 0 Å². The van der Waals surface area contributed by atoms with Crippen LogP contribution < -0.4 is 64.2 Å². The molecule has 0 aliphatic carbocycles. The standard InChI is InChI=1S/C5H8O5S.2Na/c1-4(5(6)7)2-3-11(8,9)10;;/h1-3H2,(H,6,7)(H,8,9,10);;/q;2*+1/p-2. The van der Waals surface area contributed by atoms with Gasteiger partial charge in [0.2, 0.25) is 0 Å². The first-order valence-corrected chi connectivity index (χ1v) is 4.23. The summed E-state index contributed by atoms with van der Waals surface area (Å²) in [5, 5.41) is 9.91. The number of carbonyl (C=O) groups is 1. The van der Waals surface area contributed by atoms with Crippen molar-refractivity contribution in [2.24, 2.45) is 0 Å². The molecule has 0 aliphatic heterocycles. The molecule has 0 unspecified atom stereocenters. The Kier molecular flexibility index (Phi) is 12.7. The molecule has 0 saturated heterocycles. The Morgan fingerprint density at radius 3 is 1.92 bits per heavy atom. The third kappa shape index (κ3) is 13.1. The summed E-state index contributed by atoms with van der Waals surface area (Å²) >= 11 is 0. The average molecular weight is 224 g/mol. The van der Waals surface area contributed by atoms with Gasteiger partial charge in [-0.25, -0.2) is 8.42 Å². The molecular formula is C5H6Na2O5S. The van der Waals surface area contributed by atoms with Gasteiger partial charge in [-0.15, -0.1) is 0 Å². The number of carboxylic acids is 1. The predicted octanol–water partition coefficient (Wildman–Crippen LogP) is -7.76. The largest absolute Gasteiger partial charge is 1.00 e. The van der Waals surface area contributed by atoms with Gasteiger partial charge in [-0.05, 0) is 12.0 Å². The molecular weight excluding hydrogens is 218 g/mol. The van der Waals surface area contributed by atoms with Gasteiger partial charge < -0.3 is 14.5 Å². The van der Waals surface area contributed by atoms with Crippen LogP contribution in [0.2, 0.25) is 0 Å². The van der Waals surface area contributed by atoms with Crippen LogP contribution in [0, 0.1) is 0 Å². The van der Waals surface area contributed by atoms with Crippen molar-refractivity contribution in [3.05, 3.63) is 12.2 Å². The van der Waals surface area contributed by atoms with Crippen LogP contribution >= 0.6 is 0 Å². The van der Waals surface area contributed by atoms with Crippen LogP contribution in [0.1, 0.15) is 6.42 Å². The van der Waals surface area contributed by atoms with Gasteiger partial charge in [0.25, 0.3) is 0 Å². The molecule has 64 valence electrons. The molecule has 0 bridgehead atoms. The zero-order valence-electron chi connectivity index (χ0n) is 7.57. The smallest absolute Gasteiger partial charge is 0.748 e. The topological polar surface area (TPSA) is 97.3 Å². The number of aliphatic carboxylic acids is 1. The first-order chi connectivity index (χ1) is 4.83. The van der Waals surface area contributed by atoms with Gasteiger partial charge in [-0.2, -0.15) is 0 Å².